The van der Waals surface area contributed by atoms with E-state index < -0.39 is 0 Å². The van der Waals surface area contributed by atoms with Gasteiger partial charge in [-0.2, -0.15) is 5.26 Å². The molecule has 2 rings (SSSR count). The van der Waals surface area contributed by atoms with Crippen molar-refractivity contribution in [3.63, 3.8) is 0 Å². The van der Waals surface area contributed by atoms with Crippen LogP contribution in [0.15, 0.2) is 30.3 Å². The Morgan fingerprint density at radius 3 is 2.65 bits per heavy atom. The summed E-state index contributed by atoms with van der Waals surface area (Å²) in [6.07, 6.45) is 0. The van der Waals surface area contributed by atoms with Crippen LogP contribution in [-0.2, 0) is 4.74 Å². The molecule has 1 N–H and O–H groups in total. The van der Waals surface area contributed by atoms with Gasteiger partial charge < -0.3 is 10.1 Å². The predicted octanol–water partition coefficient (Wildman–Crippen LogP) is 1.60. The van der Waals surface area contributed by atoms with Gasteiger partial charge in [0.05, 0.1) is 25.2 Å². The van der Waals surface area contributed by atoms with Crippen LogP contribution < -0.4 is 5.32 Å². The number of nitrogens with one attached hydrogen (secondary N) is 1. The summed E-state index contributed by atoms with van der Waals surface area (Å²) in [6.45, 7) is 7.56. The number of ether oxygens (including phenoxy) is 1. The Morgan fingerprint density at radius 2 is 2.00 bits per heavy atom. The second-order valence-corrected chi connectivity index (χ2v) is 5.31. The van der Waals surface area contributed by atoms with Crippen molar-refractivity contribution in [3.05, 3.63) is 35.9 Å². The van der Waals surface area contributed by atoms with Crippen LogP contribution in [0.5, 0.6) is 0 Å². The highest BCUT2D eigenvalue weighted by Gasteiger charge is 2.15. The molecular weight excluding hydrogens is 250 g/mol. The van der Waals surface area contributed by atoms with E-state index in [2.05, 4.69) is 23.2 Å². The van der Waals surface area contributed by atoms with E-state index in [9.17, 15) is 5.26 Å². The summed E-state index contributed by atoms with van der Waals surface area (Å²) in [7, 11) is 0. The lowest BCUT2D eigenvalue weighted by Gasteiger charge is -2.29. The van der Waals surface area contributed by atoms with Crippen LogP contribution in [0.25, 0.3) is 0 Å². The minimum absolute atomic E-state index is 0.0802. The van der Waals surface area contributed by atoms with Crippen molar-refractivity contribution >= 4 is 0 Å². The van der Waals surface area contributed by atoms with Gasteiger partial charge in [0.1, 0.15) is 0 Å². The molecule has 0 bridgehead atoms. The van der Waals surface area contributed by atoms with Crippen molar-refractivity contribution in [1.29, 1.82) is 5.26 Å². The lowest BCUT2D eigenvalue weighted by atomic mass is 10.0. The summed E-state index contributed by atoms with van der Waals surface area (Å²) < 4.78 is 5.35. The fourth-order valence-corrected chi connectivity index (χ4v) is 2.48. The second-order valence-electron chi connectivity index (χ2n) is 5.31. The molecule has 20 heavy (non-hydrogen) atoms. The first-order valence-corrected chi connectivity index (χ1v) is 7.27. The van der Waals surface area contributed by atoms with Crippen molar-refractivity contribution in [2.45, 2.75) is 18.9 Å². The Hall–Kier alpha value is -1.41. The number of benzene rings is 1. The molecule has 0 saturated carbocycles. The highest BCUT2D eigenvalue weighted by molar-refractivity contribution is 5.25. The van der Waals surface area contributed by atoms with Crippen molar-refractivity contribution in [1.82, 2.24) is 10.2 Å². The third-order valence-corrected chi connectivity index (χ3v) is 3.66. The minimum atomic E-state index is -0.0802. The largest absolute Gasteiger partial charge is 0.379 e. The average molecular weight is 273 g/mol. The second kappa shape index (κ2) is 8.01. The Kier molecular flexibility index (Phi) is 6.00. The molecule has 1 aliphatic rings. The molecule has 1 aromatic rings. The monoisotopic (exact) mass is 273 g/mol. The van der Waals surface area contributed by atoms with Gasteiger partial charge in [0, 0.05) is 32.2 Å². The topological polar surface area (TPSA) is 48.3 Å². The first-order chi connectivity index (χ1) is 9.79. The van der Waals surface area contributed by atoms with Gasteiger partial charge in [-0.05, 0) is 12.5 Å². The predicted molar refractivity (Wildman–Crippen MR) is 79.5 cm³/mol. The lowest BCUT2D eigenvalue weighted by Crippen LogP contribution is -2.45. The molecule has 1 fully saturated rings. The van der Waals surface area contributed by atoms with Crippen molar-refractivity contribution < 1.29 is 4.74 Å². The van der Waals surface area contributed by atoms with Crippen molar-refractivity contribution in [2.24, 2.45) is 0 Å². The fraction of sp³-hybridized carbons (Fsp3) is 0.562. The molecule has 1 aliphatic heterocycles. The van der Waals surface area contributed by atoms with E-state index >= 15 is 0 Å². The van der Waals surface area contributed by atoms with Crippen LogP contribution in [0.1, 0.15) is 18.4 Å². The standard InChI is InChI=1S/C16H23N3O/c1-14(13-19-7-9-20-10-8-19)18-12-16(11-17)15-5-3-2-4-6-15/h2-6,14,16,18H,7-10,12-13H2,1H3. The van der Waals surface area contributed by atoms with Crippen LogP contribution in [0.4, 0.5) is 0 Å². The molecule has 2 unspecified atom stereocenters. The van der Waals surface area contributed by atoms with E-state index in [0.29, 0.717) is 12.6 Å². The quantitative estimate of drug-likeness (QED) is 0.855. The first kappa shape index (κ1) is 15.0. The van der Waals surface area contributed by atoms with Crippen LogP contribution in [0, 0.1) is 11.3 Å². The number of nitrogens with zero attached hydrogens (tertiary/aromatic N) is 2. The van der Waals surface area contributed by atoms with Gasteiger partial charge in [0.2, 0.25) is 0 Å². The van der Waals surface area contributed by atoms with E-state index in [1.807, 2.05) is 30.3 Å². The van der Waals surface area contributed by atoms with Gasteiger partial charge in [-0.1, -0.05) is 30.3 Å². The Balaban J connectivity index is 1.76. The normalized spacial score (nSPS) is 19.2. The van der Waals surface area contributed by atoms with Crippen molar-refractivity contribution in [2.75, 3.05) is 39.4 Å². The maximum Gasteiger partial charge on any atom is 0.0837 e. The lowest BCUT2D eigenvalue weighted by molar-refractivity contribution is 0.0344. The molecule has 1 heterocycles. The molecule has 0 spiro atoms. The van der Waals surface area contributed by atoms with Crippen molar-refractivity contribution in [3.8, 4) is 6.07 Å². The highest BCUT2D eigenvalue weighted by atomic mass is 16.5. The molecule has 0 amide bonds. The van der Waals surface area contributed by atoms with Crippen LogP contribution in [0.3, 0.4) is 0 Å². The van der Waals surface area contributed by atoms with E-state index in [4.69, 9.17) is 4.74 Å². The van der Waals surface area contributed by atoms with Gasteiger partial charge in [0.15, 0.2) is 0 Å². The molecule has 4 nitrogen and oxygen atoms in total. The molecule has 0 aliphatic carbocycles. The minimum Gasteiger partial charge on any atom is -0.379 e. The zero-order chi connectivity index (χ0) is 14.2. The molecular formula is C16H23N3O. The number of nitriles is 1. The molecule has 108 valence electrons. The summed E-state index contributed by atoms with van der Waals surface area (Å²) in [4.78, 5) is 2.41. The summed E-state index contributed by atoms with van der Waals surface area (Å²) in [6, 6.07) is 12.7. The molecule has 4 heteroatoms. The van der Waals surface area contributed by atoms with Gasteiger partial charge in [-0.15, -0.1) is 0 Å². The smallest absolute Gasteiger partial charge is 0.0837 e. The van der Waals surface area contributed by atoms with Crippen LogP contribution in [0.2, 0.25) is 0 Å². The third kappa shape index (κ3) is 4.61. The highest BCUT2D eigenvalue weighted by Crippen LogP contribution is 2.13. The third-order valence-electron chi connectivity index (χ3n) is 3.66. The molecule has 1 saturated heterocycles. The zero-order valence-corrected chi connectivity index (χ0v) is 12.1. The molecule has 2 atom stereocenters. The van der Waals surface area contributed by atoms with Gasteiger partial charge in [-0.25, -0.2) is 0 Å². The number of hydrogen-bond donors (Lipinski definition) is 1. The summed E-state index contributed by atoms with van der Waals surface area (Å²) in [5, 5.41) is 12.8. The fourth-order valence-electron chi connectivity index (χ4n) is 2.48. The van der Waals surface area contributed by atoms with E-state index in [1.54, 1.807) is 0 Å². The SMILES string of the molecule is CC(CN1CCOCC1)NCC(C#N)c1ccccc1. The molecule has 1 aromatic carbocycles. The first-order valence-electron chi connectivity index (χ1n) is 7.27. The van der Waals surface area contributed by atoms with E-state index in [-0.39, 0.29) is 5.92 Å². The number of rotatable bonds is 6. The Morgan fingerprint density at radius 1 is 1.30 bits per heavy atom. The number of hydrogen-bond acceptors (Lipinski definition) is 4. The zero-order valence-electron chi connectivity index (χ0n) is 12.1. The van der Waals surface area contributed by atoms with E-state index in [1.165, 1.54) is 0 Å². The van der Waals surface area contributed by atoms with Gasteiger partial charge in [0.25, 0.3) is 0 Å². The van der Waals surface area contributed by atoms with Gasteiger partial charge >= 0.3 is 0 Å². The van der Waals surface area contributed by atoms with Crippen LogP contribution in [-0.4, -0.2) is 50.3 Å². The Labute approximate surface area is 121 Å². The maximum atomic E-state index is 9.30. The maximum absolute atomic E-state index is 9.30. The molecule has 0 radical (unpaired) electrons. The summed E-state index contributed by atoms with van der Waals surface area (Å²) >= 11 is 0. The molecule has 0 aromatic heterocycles. The summed E-state index contributed by atoms with van der Waals surface area (Å²) in [5.74, 6) is -0.0802. The average Bonchev–Trinajstić information content (AvgIpc) is 2.50. The Bertz CT molecular complexity index is 423. The van der Waals surface area contributed by atoms with Gasteiger partial charge in [-0.3, -0.25) is 4.90 Å². The van der Waals surface area contributed by atoms with Crippen LogP contribution >= 0.6 is 0 Å². The number of morpholine rings is 1. The van der Waals surface area contributed by atoms with E-state index in [0.717, 1.165) is 38.4 Å². The summed E-state index contributed by atoms with van der Waals surface area (Å²) in [5.41, 5.74) is 1.08.